The molecule has 4 nitrogen and oxygen atoms in total. The molecule has 0 fully saturated rings. The minimum Gasteiger partial charge on any atom is -0.489 e. The molecule has 1 aromatic carbocycles. The molecule has 2 aromatic rings. The Morgan fingerprint density at radius 2 is 2.20 bits per heavy atom. The van der Waals surface area contributed by atoms with E-state index in [1.54, 1.807) is 18.4 Å². The van der Waals surface area contributed by atoms with E-state index in [2.05, 4.69) is 10.3 Å². The SMILES string of the molecule is COCCNc1nc2c(OC(C)C)cc(C)c(Cl)c2s1. The fourth-order valence-electron chi connectivity index (χ4n) is 1.82. The van der Waals surface area contributed by atoms with Crippen LogP contribution in [0.5, 0.6) is 5.75 Å². The van der Waals surface area contributed by atoms with Gasteiger partial charge in [0.05, 0.1) is 22.4 Å². The molecule has 0 bridgehead atoms. The standard InChI is InChI=1S/C14H19ClN2O2S/c1-8(2)19-10-7-9(3)11(15)13-12(10)17-14(20-13)16-5-6-18-4/h7-8H,5-6H2,1-4H3,(H,16,17). The van der Waals surface area contributed by atoms with Gasteiger partial charge in [-0.05, 0) is 32.4 Å². The molecule has 0 aliphatic heterocycles. The molecule has 0 atom stereocenters. The average molecular weight is 315 g/mol. The first-order chi connectivity index (χ1) is 9.52. The second kappa shape index (κ2) is 6.61. The van der Waals surface area contributed by atoms with Crippen molar-refractivity contribution in [1.29, 1.82) is 0 Å². The van der Waals surface area contributed by atoms with Gasteiger partial charge in [0, 0.05) is 13.7 Å². The molecule has 1 N–H and O–H groups in total. The highest BCUT2D eigenvalue weighted by Crippen LogP contribution is 2.39. The van der Waals surface area contributed by atoms with E-state index < -0.39 is 0 Å². The van der Waals surface area contributed by atoms with Crippen LogP contribution in [-0.2, 0) is 4.74 Å². The van der Waals surface area contributed by atoms with Crippen molar-refractivity contribution in [2.24, 2.45) is 0 Å². The van der Waals surface area contributed by atoms with Gasteiger partial charge in [0.15, 0.2) is 5.13 Å². The highest BCUT2D eigenvalue weighted by atomic mass is 35.5. The summed E-state index contributed by atoms with van der Waals surface area (Å²) >= 11 is 7.91. The number of aromatic nitrogens is 1. The third-order valence-electron chi connectivity index (χ3n) is 2.70. The summed E-state index contributed by atoms with van der Waals surface area (Å²) in [5, 5.41) is 4.81. The highest BCUT2D eigenvalue weighted by Gasteiger charge is 2.15. The first-order valence-corrected chi connectivity index (χ1v) is 7.71. The van der Waals surface area contributed by atoms with Crippen molar-refractivity contribution in [3.63, 3.8) is 0 Å². The number of thiazole rings is 1. The van der Waals surface area contributed by atoms with Gasteiger partial charge in [0.1, 0.15) is 11.3 Å². The summed E-state index contributed by atoms with van der Waals surface area (Å²) in [5.74, 6) is 0.785. The molecule has 0 spiro atoms. The van der Waals surface area contributed by atoms with Crippen LogP contribution in [0.3, 0.4) is 0 Å². The fourth-order valence-corrected chi connectivity index (χ4v) is 3.08. The molecule has 0 aliphatic rings. The van der Waals surface area contributed by atoms with Gasteiger partial charge in [0.25, 0.3) is 0 Å². The zero-order valence-corrected chi connectivity index (χ0v) is 13.7. The van der Waals surface area contributed by atoms with Gasteiger partial charge in [-0.15, -0.1) is 0 Å². The number of aryl methyl sites for hydroxylation is 1. The van der Waals surface area contributed by atoms with E-state index >= 15 is 0 Å². The lowest BCUT2D eigenvalue weighted by Crippen LogP contribution is -2.07. The van der Waals surface area contributed by atoms with Crippen LogP contribution in [0.2, 0.25) is 5.02 Å². The third-order valence-corrected chi connectivity index (χ3v) is 4.33. The first-order valence-electron chi connectivity index (χ1n) is 6.52. The summed E-state index contributed by atoms with van der Waals surface area (Å²) in [4.78, 5) is 4.58. The predicted octanol–water partition coefficient (Wildman–Crippen LogP) is 4.10. The van der Waals surface area contributed by atoms with Gasteiger partial charge in [-0.25, -0.2) is 4.98 Å². The maximum absolute atomic E-state index is 6.37. The Labute approximate surface area is 128 Å². The minimum atomic E-state index is 0.102. The van der Waals surface area contributed by atoms with E-state index in [0.717, 1.165) is 31.7 Å². The number of nitrogens with zero attached hydrogens (tertiary/aromatic N) is 1. The van der Waals surface area contributed by atoms with Crippen LogP contribution in [0.1, 0.15) is 19.4 Å². The van der Waals surface area contributed by atoms with Gasteiger partial charge in [-0.1, -0.05) is 22.9 Å². The van der Waals surface area contributed by atoms with Crippen LogP contribution in [0.4, 0.5) is 5.13 Å². The quantitative estimate of drug-likeness (QED) is 0.815. The molecule has 0 saturated heterocycles. The number of anilines is 1. The minimum absolute atomic E-state index is 0.102. The normalized spacial score (nSPS) is 11.3. The summed E-state index contributed by atoms with van der Waals surface area (Å²) in [6.45, 7) is 7.33. The summed E-state index contributed by atoms with van der Waals surface area (Å²) in [6.07, 6.45) is 0.102. The van der Waals surface area contributed by atoms with Crippen LogP contribution in [0.25, 0.3) is 10.2 Å². The predicted molar refractivity (Wildman–Crippen MR) is 85.5 cm³/mol. The maximum atomic E-state index is 6.37. The molecule has 6 heteroatoms. The topological polar surface area (TPSA) is 43.4 Å². The zero-order chi connectivity index (χ0) is 14.7. The lowest BCUT2D eigenvalue weighted by molar-refractivity contribution is 0.211. The smallest absolute Gasteiger partial charge is 0.184 e. The van der Waals surface area contributed by atoms with E-state index in [4.69, 9.17) is 21.1 Å². The van der Waals surface area contributed by atoms with E-state index in [0.29, 0.717) is 13.2 Å². The summed E-state index contributed by atoms with van der Waals surface area (Å²) in [6, 6.07) is 1.95. The number of rotatable bonds is 6. The Balaban J connectivity index is 2.39. The van der Waals surface area contributed by atoms with Gasteiger partial charge in [-0.2, -0.15) is 0 Å². The molecule has 0 radical (unpaired) electrons. The van der Waals surface area contributed by atoms with E-state index in [1.807, 2.05) is 26.8 Å². The van der Waals surface area contributed by atoms with Gasteiger partial charge in [-0.3, -0.25) is 0 Å². The molecule has 0 unspecified atom stereocenters. The van der Waals surface area contributed by atoms with Crippen LogP contribution < -0.4 is 10.1 Å². The highest BCUT2D eigenvalue weighted by molar-refractivity contribution is 7.22. The monoisotopic (exact) mass is 314 g/mol. The number of methoxy groups -OCH3 is 1. The summed E-state index contributed by atoms with van der Waals surface area (Å²) in [5.41, 5.74) is 1.82. The number of hydrogen-bond acceptors (Lipinski definition) is 5. The molecule has 0 saturated carbocycles. The third kappa shape index (κ3) is 3.34. The second-order valence-electron chi connectivity index (χ2n) is 4.79. The molecular formula is C14H19ClN2O2S. The molecule has 20 heavy (non-hydrogen) atoms. The van der Waals surface area contributed by atoms with Crippen molar-refractivity contribution in [3.8, 4) is 5.75 Å². The zero-order valence-electron chi connectivity index (χ0n) is 12.1. The second-order valence-corrected chi connectivity index (χ2v) is 6.17. The molecule has 1 heterocycles. The number of nitrogens with one attached hydrogen (secondary N) is 1. The van der Waals surface area contributed by atoms with E-state index in [-0.39, 0.29) is 6.10 Å². The Morgan fingerprint density at radius 1 is 1.45 bits per heavy atom. The first kappa shape index (κ1) is 15.4. The van der Waals surface area contributed by atoms with Crippen LogP contribution in [0.15, 0.2) is 6.07 Å². The lowest BCUT2D eigenvalue weighted by atomic mass is 10.2. The summed E-state index contributed by atoms with van der Waals surface area (Å²) in [7, 11) is 1.68. The van der Waals surface area contributed by atoms with Crippen molar-refractivity contribution in [3.05, 3.63) is 16.7 Å². The number of fused-ring (bicyclic) bond motifs is 1. The van der Waals surface area contributed by atoms with Crippen molar-refractivity contribution >= 4 is 38.3 Å². The van der Waals surface area contributed by atoms with E-state index in [9.17, 15) is 0 Å². The number of benzene rings is 1. The van der Waals surface area contributed by atoms with Crippen molar-refractivity contribution in [2.45, 2.75) is 26.9 Å². The largest absolute Gasteiger partial charge is 0.489 e. The van der Waals surface area contributed by atoms with Crippen molar-refractivity contribution < 1.29 is 9.47 Å². The van der Waals surface area contributed by atoms with Crippen molar-refractivity contribution in [1.82, 2.24) is 4.98 Å². The van der Waals surface area contributed by atoms with Crippen LogP contribution >= 0.6 is 22.9 Å². The van der Waals surface area contributed by atoms with Crippen LogP contribution in [-0.4, -0.2) is 31.3 Å². The van der Waals surface area contributed by atoms with E-state index in [1.165, 1.54) is 0 Å². The van der Waals surface area contributed by atoms with Gasteiger partial charge < -0.3 is 14.8 Å². The fraction of sp³-hybridized carbons (Fsp3) is 0.500. The molecule has 0 aliphatic carbocycles. The lowest BCUT2D eigenvalue weighted by Gasteiger charge is -2.11. The number of halogens is 1. The van der Waals surface area contributed by atoms with Gasteiger partial charge in [0.2, 0.25) is 0 Å². The number of hydrogen-bond donors (Lipinski definition) is 1. The Morgan fingerprint density at radius 3 is 2.85 bits per heavy atom. The summed E-state index contributed by atoms with van der Waals surface area (Å²) < 4.78 is 11.8. The molecule has 1 aromatic heterocycles. The Bertz CT molecular complexity index is 598. The van der Waals surface area contributed by atoms with Crippen LogP contribution in [0, 0.1) is 6.92 Å². The number of ether oxygens (including phenoxy) is 2. The van der Waals surface area contributed by atoms with Gasteiger partial charge >= 0.3 is 0 Å². The molecule has 110 valence electrons. The Hall–Kier alpha value is -1.04. The molecular weight excluding hydrogens is 296 g/mol. The maximum Gasteiger partial charge on any atom is 0.184 e. The Kier molecular flexibility index (Phi) is 5.07. The van der Waals surface area contributed by atoms with Crippen molar-refractivity contribution in [2.75, 3.05) is 25.6 Å². The molecule has 0 amide bonds. The average Bonchev–Trinajstić information content (AvgIpc) is 2.80. The molecule has 2 rings (SSSR count).